The molecule has 1 N–H and O–H groups in total. The molecule has 0 radical (unpaired) electrons. The van der Waals surface area contributed by atoms with Gasteiger partial charge in [0.25, 0.3) is 0 Å². The van der Waals surface area contributed by atoms with Crippen molar-refractivity contribution in [2.45, 2.75) is 38.3 Å². The highest BCUT2D eigenvalue weighted by molar-refractivity contribution is 7.99. The minimum absolute atomic E-state index is 0.516. The first-order chi connectivity index (χ1) is 8.40. The van der Waals surface area contributed by atoms with E-state index in [0.29, 0.717) is 18.1 Å². The van der Waals surface area contributed by atoms with Crippen LogP contribution in [0.2, 0.25) is 0 Å². The van der Waals surface area contributed by atoms with Crippen LogP contribution in [0.1, 0.15) is 26.2 Å². The average Bonchev–Trinajstić information content (AvgIpc) is 3.01. The van der Waals surface area contributed by atoms with Crippen molar-refractivity contribution in [2.75, 3.05) is 37.9 Å². The maximum Gasteiger partial charge on any atom is 0.0666 e. The zero-order valence-electron chi connectivity index (χ0n) is 10.8. The van der Waals surface area contributed by atoms with Gasteiger partial charge < -0.3 is 14.8 Å². The summed E-state index contributed by atoms with van der Waals surface area (Å²) in [6.45, 7) is 6.11. The molecular weight excluding hydrogens is 234 g/mol. The summed E-state index contributed by atoms with van der Waals surface area (Å²) in [6.07, 6.45) is 4.24. The largest absolute Gasteiger partial charge is 0.381 e. The van der Waals surface area contributed by atoms with Gasteiger partial charge in [-0.15, -0.1) is 0 Å². The fraction of sp³-hybridized carbons (Fsp3) is 1.00. The van der Waals surface area contributed by atoms with Gasteiger partial charge in [0.15, 0.2) is 0 Å². The Morgan fingerprint density at radius 3 is 2.94 bits per heavy atom. The Labute approximate surface area is 109 Å². The zero-order valence-corrected chi connectivity index (χ0v) is 11.6. The van der Waals surface area contributed by atoms with E-state index in [4.69, 9.17) is 9.47 Å². The van der Waals surface area contributed by atoms with E-state index in [-0.39, 0.29) is 0 Å². The van der Waals surface area contributed by atoms with Crippen LogP contribution in [0.3, 0.4) is 0 Å². The molecule has 0 saturated carbocycles. The van der Waals surface area contributed by atoms with E-state index in [9.17, 15) is 0 Å². The number of ether oxygens (including phenoxy) is 2. The normalized spacial score (nSPS) is 30.9. The van der Waals surface area contributed by atoms with Crippen molar-refractivity contribution in [3.8, 4) is 0 Å². The molecule has 2 fully saturated rings. The van der Waals surface area contributed by atoms with E-state index in [1.54, 1.807) is 0 Å². The molecule has 4 heteroatoms. The first-order valence-corrected chi connectivity index (χ1v) is 8.06. The molecule has 0 aromatic rings. The van der Waals surface area contributed by atoms with Crippen LogP contribution in [0.5, 0.6) is 0 Å². The van der Waals surface area contributed by atoms with Crippen LogP contribution in [-0.4, -0.2) is 50.0 Å². The predicted molar refractivity (Wildman–Crippen MR) is 72.7 cm³/mol. The molecule has 0 aliphatic carbocycles. The fourth-order valence-corrected chi connectivity index (χ4v) is 3.90. The Kier molecular flexibility index (Phi) is 6.12. The van der Waals surface area contributed by atoms with Crippen molar-refractivity contribution >= 4 is 11.8 Å². The minimum Gasteiger partial charge on any atom is -0.381 e. The lowest BCUT2D eigenvalue weighted by molar-refractivity contribution is 0.129. The van der Waals surface area contributed by atoms with Gasteiger partial charge in [-0.3, -0.25) is 0 Å². The third-order valence-electron chi connectivity index (χ3n) is 3.63. The summed E-state index contributed by atoms with van der Waals surface area (Å²) >= 11 is 2.04. The van der Waals surface area contributed by atoms with Crippen LogP contribution >= 0.6 is 11.8 Å². The number of hydrogen-bond donors (Lipinski definition) is 1. The van der Waals surface area contributed by atoms with Gasteiger partial charge >= 0.3 is 0 Å². The summed E-state index contributed by atoms with van der Waals surface area (Å²) in [7, 11) is 0. The van der Waals surface area contributed by atoms with Gasteiger partial charge in [0.1, 0.15) is 0 Å². The lowest BCUT2D eigenvalue weighted by Crippen LogP contribution is -2.38. The van der Waals surface area contributed by atoms with Crippen LogP contribution in [0.25, 0.3) is 0 Å². The van der Waals surface area contributed by atoms with E-state index in [2.05, 4.69) is 12.2 Å². The van der Waals surface area contributed by atoms with E-state index < -0.39 is 0 Å². The van der Waals surface area contributed by atoms with Crippen molar-refractivity contribution in [3.05, 3.63) is 0 Å². The molecule has 0 aromatic heterocycles. The molecule has 3 atom stereocenters. The van der Waals surface area contributed by atoms with Gasteiger partial charge in [-0.25, -0.2) is 0 Å². The molecule has 3 nitrogen and oxygen atoms in total. The van der Waals surface area contributed by atoms with Crippen molar-refractivity contribution in [3.63, 3.8) is 0 Å². The van der Waals surface area contributed by atoms with Gasteiger partial charge in [-0.1, -0.05) is 6.92 Å². The maximum atomic E-state index is 5.65. The lowest BCUT2D eigenvalue weighted by Gasteiger charge is -2.23. The molecule has 0 bridgehead atoms. The molecule has 2 heterocycles. The van der Waals surface area contributed by atoms with Gasteiger partial charge in [0.2, 0.25) is 0 Å². The van der Waals surface area contributed by atoms with Gasteiger partial charge in [-0.2, -0.15) is 11.8 Å². The van der Waals surface area contributed by atoms with Crippen LogP contribution < -0.4 is 5.32 Å². The SMILES string of the molecule is CCNC(CSCC1CCCO1)C1CCOC1. The number of hydrogen-bond acceptors (Lipinski definition) is 4. The molecule has 0 spiro atoms. The Bertz CT molecular complexity index is 204. The Morgan fingerprint density at radius 2 is 2.29 bits per heavy atom. The molecule has 2 rings (SSSR count). The summed E-state index contributed by atoms with van der Waals surface area (Å²) in [5, 5.41) is 3.61. The van der Waals surface area contributed by atoms with Crippen molar-refractivity contribution < 1.29 is 9.47 Å². The van der Waals surface area contributed by atoms with Crippen LogP contribution in [0, 0.1) is 5.92 Å². The number of thioether (sulfide) groups is 1. The van der Waals surface area contributed by atoms with Gasteiger partial charge in [-0.05, 0) is 25.8 Å². The highest BCUT2D eigenvalue weighted by Gasteiger charge is 2.25. The Morgan fingerprint density at radius 1 is 1.35 bits per heavy atom. The first kappa shape index (κ1) is 13.7. The van der Waals surface area contributed by atoms with Gasteiger partial charge in [0.05, 0.1) is 12.7 Å². The second kappa shape index (κ2) is 7.62. The zero-order chi connectivity index (χ0) is 11.9. The molecule has 100 valence electrons. The molecule has 2 aliphatic heterocycles. The highest BCUT2D eigenvalue weighted by atomic mass is 32.2. The Hall–Kier alpha value is 0.230. The van der Waals surface area contributed by atoms with E-state index in [1.165, 1.54) is 25.0 Å². The molecule has 2 saturated heterocycles. The fourth-order valence-electron chi connectivity index (χ4n) is 2.60. The minimum atomic E-state index is 0.516. The smallest absolute Gasteiger partial charge is 0.0666 e. The number of nitrogens with one attached hydrogen (secondary N) is 1. The maximum absolute atomic E-state index is 5.65. The summed E-state index contributed by atoms with van der Waals surface area (Å²) in [5.41, 5.74) is 0. The van der Waals surface area contributed by atoms with Crippen LogP contribution in [-0.2, 0) is 9.47 Å². The lowest BCUT2D eigenvalue weighted by atomic mass is 10.0. The van der Waals surface area contributed by atoms with E-state index in [0.717, 1.165) is 32.1 Å². The number of rotatable bonds is 7. The molecule has 0 amide bonds. The molecular formula is C13H25NO2S. The topological polar surface area (TPSA) is 30.5 Å². The van der Waals surface area contributed by atoms with Crippen molar-refractivity contribution in [2.24, 2.45) is 5.92 Å². The third kappa shape index (κ3) is 4.43. The second-order valence-corrected chi connectivity index (χ2v) is 6.04. The Balaban J connectivity index is 1.65. The quantitative estimate of drug-likeness (QED) is 0.756. The van der Waals surface area contributed by atoms with Crippen molar-refractivity contribution in [1.29, 1.82) is 0 Å². The molecule has 3 unspecified atom stereocenters. The first-order valence-electron chi connectivity index (χ1n) is 6.90. The van der Waals surface area contributed by atoms with Crippen LogP contribution in [0.15, 0.2) is 0 Å². The summed E-state index contributed by atoms with van der Waals surface area (Å²) in [4.78, 5) is 0. The molecule has 2 aliphatic rings. The van der Waals surface area contributed by atoms with E-state index in [1.807, 2.05) is 11.8 Å². The van der Waals surface area contributed by atoms with E-state index >= 15 is 0 Å². The molecule has 0 aromatic carbocycles. The predicted octanol–water partition coefficient (Wildman–Crippen LogP) is 1.91. The van der Waals surface area contributed by atoms with Crippen molar-refractivity contribution in [1.82, 2.24) is 5.32 Å². The average molecular weight is 259 g/mol. The standard InChI is InChI=1S/C13H25NO2S/c1-2-14-13(11-5-7-15-8-11)10-17-9-12-4-3-6-16-12/h11-14H,2-10H2,1H3. The van der Waals surface area contributed by atoms with Crippen LogP contribution in [0.4, 0.5) is 0 Å². The van der Waals surface area contributed by atoms with Gasteiger partial charge in [0, 0.05) is 36.7 Å². The monoisotopic (exact) mass is 259 g/mol. The molecule has 17 heavy (non-hydrogen) atoms. The highest BCUT2D eigenvalue weighted by Crippen LogP contribution is 2.22. The second-order valence-electron chi connectivity index (χ2n) is 4.96. The summed E-state index contributed by atoms with van der Waals surface area (Å²) in [6, 6.07) is 0.619. The summed E-state index contributed by atoms with van der Waals surface area (Å²) in [5.74, 6) is 3.07. The third-order valence-corrected chi connectivity index (χ3v) is 4.83. The summed E-state index contributed by atoms with van der Waals surface area (Å²) < 4.78 is 11.1.